The summed E-state index contributed by atoms with van der Waals surface area (Å²) in [4.78, 5) is 18.1. The highest BCUT2D eigenvalue weighted by atomic mass is 32.2. The molecule has 2 aliphatic rings. The number of likely N-dealkylation sites (tertiary alicyclic amines) is 1. The van der Waals surface area contributed by atoms with Crippen LogP contribution in [0.1, 0.15) is 37.4 Å². The SMILES string of the molecule is O=C(CN1CCCS1(=O)=O)N1CCCCC1c1cc2ccccc2[nH]1. The second-order valence-corrected chi connectivity index (χ2v) is 9.00. The van der Waals surface area contributed by atoms with Crippen molar-refractivity contribution in [3.05, 3.63) is 36.0 Å². The first kappa shape index (κ1) is 16.6. The molecule has 0 bridgehead atoms. The molecular weight excluding hydrogens is 338 g/mol. The zero-order chi connectivity index (χ0) is 17.4. The van der Waals surface area contributed by atoms with E-state index in [-0.39, 0.29) is 24.2 Å². The molecule has 1 amide bonds. The summed E-state index contributed by atoms with van der Waals surface area (Å²) in [6.07, 6.45) is 3.56. The number of sulfonamides is 1. The Morgan fingerprint density at radius 3 is 2.76 bits per heavy atom. The van der Waals surface area contributed by atoms with E-state index >= 15 is 0 Å². The van der Waals surface area contributed by atoms with Crippen LogP contribution < -0.4 is 0 Å². The number of benzene rings is 1. The van der Waals surface area contributed by atoms with Gasteiger partial charge in [0.1, 0.15) is 0 Å². The zero-order valence-electron chi connectivity index (χ0n) is 14.1. The van der Waals surface area contributed by atoms with Gasteiger partial charge < -0.3 is 9.88 Å². The number of carbonyl (C=O) groups excluding carboxylic acids is 1. The Labute approximate surface area is 147 Å². The predicted octanol–water partition coefficient (Wildman–Crippen LogP) is 2.26. The van der Waals surface area contributed by atoms with Crippen LogP contribution in [0.3, 0.4) is 0 Å². The number of rotatable bonds is 3. The molecule has 4 rings (SSSR count). The summed E-state index contributed by atoms with van der Waals surface area (Å²) in [6.45, 7) is 1.12. The number of amides is 1. The minimum atomic E-state index is -3.25. The van der Waals surface area contributed by atoms with Crippen molar-refractivity contribution in [2.45, 2.75) is 31.7 Å². The summed E-state index contributed by atoms with van der Waals surface area (Å²) < 4.78 is 25.3. The highest BCUT2D eigenvalue weighted by Crippen LogP contribution is 2.32. The number of H-pyrrole nitrogens is 1. The Bertz CT molecular complexity index is 857. The van der Waals surface area contributed by atoms with Crippen LogP contribution in [0.15, 0.2) is 30.3 Å². The molecule has 1 aromatic heterocycles. The molecule has 0 radical (unpaired) electrons. The van der Waals surface area contributed by atoms with Crippen molar-refractivity contribution in [2.75, 3.05) is 25.4 Å². The maximum Gasteiger partial charge on any atom is 0.238 e. The molecule has 25 heavy (non-hydrogen) atoms. The second-order valence-electron chi connectivity index (χ2n) is 6.91. The highest BCUT2D eigenvalue weighted by molar-refractivity contribution is 7.89. The number of fused-ring (bicyclic) bond motifs is 1. The van der Waals surface area contributed by atoms with Crippen molar-refractivity contribution in [1.82, 2.24) is 14.2 Å². The van der Waals surface area contributed by atoms with Gasteiger partial charge in [-0.1, -0.05) is 18.2 Å². The van der Waals surface area contributed by atoms with Crippen LogP contribution in [0.25, 0.3) is 10.9 Å². The minimum Gasteiger partial charge on any atom is -0.357 e. The molecule has 2 saturated heterocycles. The monoisotopic (exact) mass is 361 g/mol. The van der Waals surface area contributed by atoms with Gasteiger partial charge in [-0.05, 0) is 43.2 Å². The van der Waals surface area contributed by atoms with E-state index in [1.54, 1.807) is 0 Å². The third kappa shape index (κ3) is 3.18. The lowest BCUT2D eigenvalue weighted by Crippen LogP contribution is -2.44. The molecule has 3 heterocycles. The van der Waals surface area contributed by atoms with Crippen molar-refractivity contribution < 1.29 is 13.2 Å². The van der Waals surface area contributed by atoms with Gasteiger partial charge in [0.05, 0.1) is 18.3 Å². The summed E-state index contributed by atoms with van der Waals surface area (Å²) in [6, 6.07) is 10.2. The van der Waals surface area contributed by atoms with Gasteiger partial charge in [0.15, 0.2) is 0 Å². The summed E-state index contributed by atoms with van der Waals surface area (Å²) in [5, 5.41) is 1.14. The van der Waals surface area contributed by atoms with Gasteiger partial charge in [0, 0.05) is 24.3 Å². The molecule has 2 aliphatic heterocycles. The molecule has 2 aromatic rings. The largest absolute Gasteiger partial charge is 0.357 e. The highest BCUT2D eigenvalue weighted by Gasteiger charge is 2.34. The fourth-order valence-corrected chi connectivity index (χ4v) is 5.41. The number of aromatic nitrogens is 1. The first-order valence-corrected chi connectivity index (χ1v) is 10.5. The third-order valence-electron chi connectivity index (χ3n) is 5.25. The van der Waals surface area contributed by atoms with Crippen molar-refractivity contribution >= 4 is 26.8 Å². The average molecular weight is 361 g/mol. The lowest BCUT2D eigenvalue weighted by Gasteiger charge is -2.36. The van der Waals surface area contributed by atoms with E-state index in [9.17, 15) is 13.2 Å². The summed E-state index contributed by atoms with van der Waals surface area (Å²) >= 11 is 0. The van der Waals surface area contributed by atoms with Crippen molar-refractivity contribution in [3.8, 4) is 0 Å². The quantitative estimate of drug-likeness (QED) is 0.911. The second kappa shape index (κ2) is 6.46. The van der Waals surface area contributed by atoms with Gasteiger partial charge in [-0.3, -0.25) is 4.79 Å². The zero-order valence-corrected chi connectivity index (χ0v) is 15.0. The maximum absolute atomic E-state index is 12.8. The number of hydrogen-bond donors (Lipinski definition) is 1. The fraction of sp³-hybridized carbons (Fsp3) is 0.500. The van der Waals surface area contributed by atoms with E-state index in [0.29, 0.717) is 19.5 Å². The molecule has 1 aromatic carbocycles. The molecule has 1 atom stereocenters. The van der Waals surface area contributed by atoms with E-state index in [0.717, 1.165) is 35.9 Å². The van der Waals surface area contributed by atoms with Crippen LogP contribution in [-0.4, -0.2) is 53.9 Å². The summed E-state index contributed by atoms with van der Waals surface area (Å²) in [5.41, 5.74) is 2.11. The Kier molecular flexibility index (Phi) is 4.29. The smallest absolute Gasteiger partial charge is 0.238 e. The van der Waals surface area contributed by atoms with Crippen LogP contribution in [-0.2, 0) is 14.8 Å². The van der Waals surface area contributed by atoms with Crippen LogP contribution in [0.4, 0.5) is 0 Å². The van der Waals surface area contributed by atoms with Gasteiger partial charge in [-0.2, -0.15) is 4.31 Å². The molecule has 0 spiro atoms. The third-order valence-corrected chi connectivity index (χ3v) is 7.15. The van der Waals surface area contributed by atoms with Crippen molar-refractivity contribution in [3.63, 3.8) is 0 Å². The number of piperidine rings is 1. The van der Waals surface area contributed by atoms with Crippen LogP contribution in [0.5, 0.6) is 0 Å². The van der Waals surface area contributed by atoms with Crippen LogP contribution in [0.2, 0.25) is 0 Å². The summed E-state index contributed by atoms with van der Waals surface area (Å²) in [7, 11) is -3.25. The van der Waals surface area contributed by atoms with E-state index in [1.165, 1.54) is 4.31 Å². The number of aromatic amines is 1. The lowest BCUT2D eigenvalue weighted by atomic mass is 9.99. The molecule has 1 unspecified atom stereocenters. The minimum absolute atomic E-state index is 0.000966. The van der Waals surface area contributed by atoms with Gasteiger partial charge >= 0.3 is 0 Å². The Balaban J connectivity index is 1.57. The predicted molar refractivity (Wildman–Crippen MR) is 96.6 cm³/mol. The molecule has 7 heteroatoms. The topological polar surface area (TPSA) is 73.5 Å². The fourth-order valence-electron chi connectivity index (χ4n) is 3.94. The number of carbonyl (C=O) groups is 1. The van der Waals surface area contributed by atoms with E-state index in [4.69, 9.17) is 0 Å². The van der Waals surface area contributed by atoms with Gasteiger partial charge in [0.2, 0.25) is 15.9 Å². The molecular formula is C18H23N3O3S. The standard InChI is InChI=1S/C18H23N3O3S/c22-18(13-20-9-5-11-25(20,23)24)21-10-4-3-8-17(21)16-12-14-6-1-2-7-15(14)19-16/h1-2,6-7,12,17,19H,3-5,8-11,13H2. The van der Waals surface area contributed by atoms with Crippen molar-refractivity contribution in [2.24, 2.45) is 0 Å². The molecule has 0 aliphatic carbocycles. The molecule has 2 fully saturated rings. The van der Waals surface area contributed by atoms with E-state index in [1.807, 2.05) is 23.1 Å². The van der Waals surface area contributed by atoms with Gasteiger partial charge in [-0.15, -0.1) is 0 Å². The number of hydrogen-bond acceptors (Lipinski definition) is 3. The molecule has 134 valence electrons. The molecule has 6 nitrogen and oxygen atoms in total. The number of nitrogens with zero attached hydrogens (tertiary/aromatic N) is 2. The number of nitrogens with one attached hydrogen (secondary N) is 1. The number of para-hydroxylation sites is 1. The van der Waals surface area contributed by atoms with Gasteiger partial charge in [0.25, 0.3) is 0 Å². The van der Waals surface area contributed by atoms with Crippen molar-refractivity contribution in [1.29, 1.82) is 0 Å². The Hall–Kier alpha value is -1.86. The van der Waals surface area contributed by atoms with Crippen LogP contribution >= 0.6 is 0 Å². The maximum atomic E-state index is 12.8. The molecule has 1 N–H and O–H groups in total. The van der Waals surface area contributed by atoms with E-state index in [2.05, 4.69) is 17.1 Å². The van der Waals surface area contributed by atoms with Gasteiger partial charge in [-0.25, -0.2) is 8.42 Å². The van der Waals surface area contributed by atoms with Crippen LogP contribution in [0, 0.1) is 0 Å². The first-order chi connectivity index (χ1) is 12.0. The Morgan fingerprint density at radius 2 is 2.00 bits per heavy atom. The average Bonchev–Trinajstić information content (AvgIpc) is 3.18. The normalized spacial score (nSPS) is 24.0. The Morgan fingerprint density at radius 1 is 1.16 bits per heavy atom. The van der Waals surface area contributed by atoms with E-state index < -0.39 is 10.0 Å². The first-order valence-electron chi connectivity index (χ1n) is 8.89. The lowest BCUT2D eigenvalue weighted by molar-refractivity contribution is -0.135. The summed E-state index contributed by atoms with van der Waals surface area (Å²) in [5.74, 6) is 0.0694. The molecule has 0 saturated carbocycles.